The van der Waals surface area contributed by atoms with Crippen molar-refractivity contribution in [2.24, 2.45) is 10.7 Å². The van der Waals surface area contributed by atoms with E-state index in [0.29, 0.717) is 9.76 Å². The molecule has 2 N–H and O–H groups in total. The standard InChI is InChI=1S/C11H22N2OSi.ClH/c1-10(2,3)15-14-11(4,5)8-6-7-9(12)13-8;/h8H,6-7H2,1-5H3,(H2,12,13);1H/t8-;/m0./s1. The molecule has 1 heterocycles. The van der Waals surface area contributed by atoms with Crippen LogP contribution in [0.25, 0.3) is 0 Å². The monoisotopic (exact) mass is 262 g/mol. The van der Waals surface area contributed by atoms with Crippen LogP contribution in [-0.2, 0) is 4.43 Å². The Kier molecular flexibility index (Phi) is 5.49. The number of hydrogen-bond donors (Lipinski definition) is 1. The predicted octanol–water partition coefficient (Wildman–Crippen LogP) is 2.56. The maximum atomic E-state index is 5.99. The molecule has 94 valence electrons. The Morgan fingerprint density at radius 2 is 1.88 bits per heavy atom. The zero-order chi connectivity index (χ0) is 11.7. The molecule has 5 heteroatoms. The van der Waals surface area contributed by atoms with Gasteiger partial charge in [0.1, 0.15) is 0 Å². The van der Waals surface area contributed by atoms with Crippen LogP contribution in [0.15, 0.2) is 4.99 Å². The van der Waals surface area contributed by atoms with Crippen LogP contribution in [0, 0.1) is 0 Å². The molecule has 1 aliphatic heterocycles. The van der Waals surface area contributed by atoms with E-state index >= 15 is 0 Å². The first-order valence-electron chi connectivity index (χ1n) is 5.48. The molecule has 0 unspecified atom stereocenters. The number of nitrogens with two attached hydrogens (primary N) is 1. The molecule has 0 aliphatic carbocycles. The number of hydrogen-bond acceptors (Lipinski definition) is 3. The molecular formula is C11H23ClN2OSi. The Balaban J connectivity index is 0.00000225. The van der Waals surface area contributed by atoms with E-state index in [0.717, 1.165) is 18.7 Å². The Morgan fingerprint density at radius 1 is 1.31 bits per heavy atom. The second-order valence-electron chi connectivity index (χ2n) is 5.73. The smallest absolute Gasteiger partial charge is 0.236 e. The van der Waals surface area contributed by atoms with E-state index in [4.69, 9.17) is 10.2 Å². The number of nitrogens with zero attached hydrogens (tertiary/aromatic N) is 1. The van der Waals surface area contributed by atoms with Gasteiger partial charge in [0.05, 0.1) is 17.5 Å². The SMILES string of the molecule is CC(C)(C)[Si]OC(C)(C)[C@@H]1CCC(N)=N1.Cl. The predicted molar refractivity (Wildman–Crippen MR) is 72.5 cm³/mol. The normalized spacial score (nSPS) is 21.6. The highest BCUT2D eigenvalue weighted by atomic mass is 35.5. The van der Waals surface area contributed by atoms with Gasteiger partial charge in [0.2, 0.25) is 9.76 Å². The van der Waals surface area contributed by atoms with Crippen LogP contribution in [0.3, 0.4) is 0 Å². The summed E-state index contributed by atoms with van der Waals surface area (Å²) >= 11 is 0. The lowest BCUT2D eigenvalue weighted by Gasteiger charge is -2.32. The summed E-state index contributed by atoms with van der Waals surface area (Å²) in [6.45, 7) is 10.8. The van der Waals surface area contributed by atoms with Crippen LogP contribution in [0.5, 0.6) is 0 Å². The molecule has 3 nitrogen and oxygen atoms in total. The second kappa shape index (κ2) is 5.51. The van der Waals surface area contributed by atoms with Crippen LogP contribution >= 0.6 is 12.4 Å². The fraction of sp³-hybridized carbons (Fsp3) is 0.909. The molecule has 0 aromatic rings. The zero-order valence-corrected chi connectivity index (χ0v) is 12.6. The molecule has 1 rings (SSSR count). The molecule has 2 radical (unpaired) electrons. The van der Waals surface area contributed by atoms with Gasteiger partial charge in [-0.05, 0) is 25.3 Å². The summed E-state index contributed by atoms with van der Waals surface area (Å²) in [6, 6.07) is 0.229. The summed E-state index contributed by atoms with van der Waals surface area (Å²) in [7, 11) is 0.502. The average molecular weight is 263 g/mol. The maximum absolute atomic E-state index is 5.99. The van der Waals surface area contributed by atoms with Gasteiger partial charge in [-0.15, -0.1) is 12.4 Å². The van der Waals surface area contributed by atoms with Gasteiger partial charge in [-0.25, -0.2) is 0 Å². The Bertz CT molecular complexity index is 261. The maximum Gasteiger partial charge on any atom is 0.236 e. The van der Waals surface area contributed by atoms with Gasteiger partial charge >= 0.3 is 0 Å². The lowest BCUT2D eigenvalue weighted by molar-refractivity contribution is 0.0813. The van der Waals surface area contributed by atoms with Gasteiger partial charge in [-0.3, -0.25) is 4.99 Å². The summed E-state index contributed by atoms with van der Waals surface area (Å²) in [6.07, 6.45) is 1.93. The zero-order valence-electron chi connectivity index (χ0n) is 10.8. The van der Waals surface area contributed by atoms with Gasteiger partial charge in [0.15, 0.2) is 0 Å². The third-order valence-corrected chi connectivity index (χ3v) is 3.66. The largest absolute Gasteiger partial charge is 0.410 e. The second-order valence-corrected chi connectivity index (χ2v) is 7.64. The molecule has 1 aliphatic rings. The van der Waals surface area contributed by atoms with Gasteiger partial charge in [-0.2, -0.15) is 0 Å². The Hall–Kier alpha value is -0.0631. The number of halogens is 1. The van der Waals surface area contributed by atoms with Crippen molar-refractivity contribution < 1.29 is 4.43 Å². The van der Waals surface area contributed by atoms with Crippen molar-refractivity contribution in [1.29, 1.82) is 0 Å². The third kappa shape index (κ3) is 4.85. The lowest BCUT2D eigenvalue weighted by atomic mass is 9.97. The molecule has 0 saturated heterocycles. The fourth-order valence-corrected chi connectivity index (χ4v) is 2.17. The Labute approximate surface area is 108 Å². The minimum atomic E-state index is -0.188. The van der Waals surface area contributed by atoms with E-state index in [9.17, 15) is 0 Å². The summed E-state index contributed by atoms with van der Waals surface area (Å²) in [5, 5.41) is 0.227. The third-order valence-electron chi connectivity index (χ3n) is 2.42. The van der Waals surface area contributed by atoms with Gasteiger partial charge < -0.3 is 10.2 Å². The van der Waals surface area contributed by atoms with Crippen LogP contribution in [-0.4, -0.2) is 27.2 Å². The number of amidine groups is 1. The highest BCUT2D eigenvalue weighted by Crippen LogP contribution is 2.29. The molecule has 16 heavy (non-hydrogen) atoms. The van der Waals surface area contributed by atoms with Crippen molar-refractivity contribution >= 4 is 28.0 Å². The summed E-state index contributed by atoms with van der Waals surface area (Å²) in [5.74, 6) is 0.774. The highest BCUT2D eigenvalue weighted by molar-refractivity contribution is 6.31. The molecule has 0 saturated carbocycles. The quantitative estimate of drug-likeness (QED) is 0.795. The lowest BCUT2D eigenvalue weighted by Crippen LogP contribution is -2.39. The molecule has 0 bridgehead atoms. The molecular weight excluding hydrogens is 240 g/mol. The molecule has 0 spiro atoms. The highest BCUT2D eigenvalue weighted by Gasteiger charge is 2.34. The summed E-state index contributed by atoms with van der Waals surface area (Å²) in [5.41, 5.74) is 5.51. The van der Waals surface area contributed by atoms with E-state index in [2.05, 4.69) is 39.6 Å². The van der Waals surface area contributed by atoms with Crippen molar-refractivity contribution in [3.8, 4) is 0 Å². The van der Waals surface area contributed by atoms with Crippen molar-refractivity contribution in [3.05, 3.63) is 0 Å². The van der Waals surface area contributed by atoms with Crippen molar-refractivity contribution in [1.82, 2.24) is 0 Å². The van der Waals surface area contributed by atoms with Gasteiger partial charge in [0, 0.05) is 6.42 Å². The van der Waals surface area contributed by atoms with E-state index < -0.39 is 0 Å². The van der Waals surface area contributed by atoms with E-state index in [1.54, 1.807) is 0 Å². The van der Waals surface area contributed by atoms with Gasteiger partial charge in [-0.1, -0.05) is 20.8 Å². The van der Waals surface area contributed by atoms with E-state index in [-0.39, 0.29) is 29.1 Å². The Morgan fingerprint density at radius 3 is 2.25 bits per heavy atom. The molecule has 0 fully saturated rings. The van der Waals surface area contributed by atoms with Crippen LogP contribution in [0.2, 0.25) is 5.04 Å². The summed E-state index contributed by atoms with van der Waals surface area (Å²) in [4.78, 5) is 4.43. The first kappa shape index (κ1) is 15.9. The topological polar surface area (TPSA) is 47.6 Å². The fourth-order valence-electron chi connectivity index (χ4n) is 1.47. The van der Waals surface area contributed by atoms with Crippen molar-refractivity contribution in [3.63, 3.8) is 0 Å². The molecule has 0 amide bonds. The molecule has 1 atom stereocenters. The first-order chi connectivity index (χ1) is 6.71. The summed E-state index contributed by atoms with van der Waals surface area (Å²) < 4.78 is 5.99. The van der Waals surface area contributed by atoms with Crippen molar-refractivity contribution in [2.75, 3.05) is 0 Å². The number of aliphatic imine (C=N–C) groups is 1. The van der Waals surface area contributed by atoms with Crippen LogP contribution in [0.4, 0.5) is 0 Å². The van der Waals surface area contributed by atoms with Gasteiger partial charge in [0.25, 0.3) is 0 Å². The average Bonchev–Trinajstić information content (AvgIpc) is 2.48. The minimum absolute atomic E-state index is 0. The van der Waals surface area contributed by atoms with Crippen molar-refractivity contribution in [2.45, 2.75) is 64.1 Å². The minimum Gasteiger partial charge on any atom is -0.410 e. The van der Waals surface area contributed by atoms with Crippen LogP contribution in [0.1, 0.15) is 47.5 Å². The number of rotatable bonds is 3. The first-order valence-corrected chi connectivity index (χ1v) is 6.39. The molecule has 0 aromatic carbocycles. The molecule has 0 aromatic heterocycles. The van der Waals surface area contributed by atoms with E-state index in [1.807, 2.05) is 0 Å². The van der Waals surface area contributed by atoms with Crippen LogP contribution < -0.4 is 5.73 Å². The van der Waals surface area contributed by atoms with E-state index in [1.165, 1.54) is 0 Å².